The molecular weight excluding hydrogens is 342 g/mol. The zero-order chi connectivity index (χ0) is 19.1. The number of aryl methyl sites for hydroxylation is 1. The maximum atomic E-state index is 13.2. The Labute approximate surface area is 149 Å². The molecule has 2 aromatic carbocycles. The molecule has 2 atom stereocenters. The topological polar surface area (TPSA) is 92.4 Å². The summed E-state index contributed by atoms with van der Waals surface area (Å²) in [5.74, 6) is -3.64. The van der Waals surface area contributed by atoms with Crippen molar-refractivity contribution in [3.63, 3.8) is 0 Å². The van der Waals surface area contributed by atoms with E-state index in [0.29, 0.717) is 24.0 Å². The van der Waals surface area contributed by atoms with Gasteiger partial charge in [-0.2, -0.15) is 0 Å². The van der Waals surface area contributed by atoms with Crippen molar-refractivity contribution in [3.05, 3.63) is 71.3 Å². The Morgan fingerprint density at radius 3 is 2.38 bits per heavy atom. The zero-order valence-electron chi connectivity index (χ0n) is 14.0. The van der Waals surface area contributed by atoms with Crippen LogP contribution in [-0.2, 0) is 16.0 Å². The van der Waals surface area contributed by atoms with Crippen LogP contribution in [0, 0.1) is 11.6 Å². The van der Waals surface area contributed by atoms with Gasteiger partial charge in [0.2, 0.25) is 5.91 Å². The van der Waals surface area contributed by atoms with Crippen molar-refractivity contribution in [2.45, 2.75) is 31.3 Å². The molecule has 0 aliphatic carbocycles. The highest BCUT2D eigenvalue weighted by Gasteiger charge is 2.23. The second-order valence-electron chi connectivity index (χ2n) is 5.93. The molecule has 0 aliphatic heterocycles. The molecule has 0 bridgehead atoms. The third-order valence-corrected chi connectivity index (χ3v) is 4.00. The van der Waals surface area contributed by atoms with Crippen molar-refractivity contribution in [3.8, 4) is 0 Å². The van der Waals surface area contributed by atoms with Crippen molar-refractivity contribution >= 4 is 11.9 Å². The van der Waals surface area contributed by atoms with Gasteiger partial charge in [0.1, 0.15) is 12.1 Å². The molecule has 7 heteroatoms. The number of carboxylic acid groups (broad SMARTS) is 1. The van der Waals surface area contributed by atoms with E-state index in [0.717, 1.165) is 12.1 Å². The number of carboxylic acids is 1. The summed E-state index contributed by atoms with van der Waals surface area (Å²) in [5.41, 5.74) is 6.99. The molecule has 1 unspecified atom stereocenters. The van der Waals surface area contributed by atoms with Crippen LogP contribution >= 0.6 is 0 Å². The lowest BCUT2D eigenvalue weighted by Gasteiger charge is -2.18. The summed E-state index contributed by atoms with van der Waals surface area (Å²) in [6.45, 7) is 0. The molecule has 0 spiro atoms. The smallest absolute Gasteiger partial charge is 0.326 e. The van der Waals surface area contributed by atoms with E-state index >= 15 is 0 Å². The highest BCUT2D eigenvalue weighted by Crippen LogP contribution is 2.13. The summed E-state index contributed by atoms with van der Waals surface area (Å²) in [6.07, 6.45) is 0.881. The molecule has 0 aromatic heterocycles. The van der Waals surface area contributed by atoms with Crippen LogP contribution in [-0.4, -0.2) is 23.0 Å². The number of hydrogen-bond acceptors (Lipinski definition) is 3. The Kier molecular flexibility index (Phi) is 6.80. The molecule has 0 heterocycles. The fraction of sp³-hybridized carbons (Fsp3) is 0.263. The number of carbonyl (C=O) groups excluding carboxylic acids is 1. The van der Waals surface area contributed by atoms with Gasteiger partial charge >= 0.3 is 5.97 Å². The second-order valence-corrected chi connectivity index (χ2v) is 5.93. The lowest BCUT2D eigenvalue weighted by Crippen LogP contribution is -2.44. The van der Waals surface area contributed by atoms with Crippen LogP contribution < -0.4 is 11.1 Å². The molecule has 0 saturated carbocycles. The minimum atomic E-state index is -1.18. The predicted molar refractivity (Wildman–Crippen MR) is 92.2 cm³/mol. The number of nitrogens with two attached hydrogens (primary N) is 1. The van der Waals surface area contributed by atoms with E-state index in [-0.39, 0.29) is 6.42 Å². The lowest BCUT2D eigenvalue weighted by molar-refractivity contribution is -0.142. The summed E-state index contributed by atoms with van der Waals surface area (Å²) in [4.78, 5) is 23.6. The van der Waals surface area contributed by atoms with E-state index in [4.69, 9.17) is 5.73 Å². The van der Waals surface area contributed by atoms with E-state index in [2.05, 4.69) is 5.32 Å². The van der Waals surface area contributed by atoms with Crippen molar-refractivity contribution in [1.82, 2.24) is 5.32 Å². The number of halogens is 2. The summed E-state index contributed by atoms with van der Waals surface area (Å²) in [5, 5.41) is 11.7. The van der Waals surface area contributed by atoms with Crippen LogP contribution in [0.4, 0.5) is 8.78 Å². The van der Waals surface area contributed by atoms with Gasteiger partial charge < -0.3 is 16.2 Å². The average Bonchev–Trinajstić information content (AvgIpc) is 2.63. The standard InChI is InChI=1S/C19H20F2N2O3/c20-14-10-9-12(11-15(14)21)5-4-8-16(19(25)26)23-18(24)17(22)13-6-2-1-3-7-13/h1-3,6-7,9-11,16-17H,4-5,8,22H2,(H,23,24)(H,25,26)/t16?,17-/m0/s1. The SMILES string of the molecule is N[C@H](C(=O)NC(CCCc1ccc(F)c(F)c1)C(=O)O)c1ccccc1. The van der Waals surface area contributed by atoms with Gasteiger partial charge in [0.05, 0.1) is 0 Å². The quantitative estimate of drug-likeness (QED) is 0.673. The van der Waals surface area contributed by atoms with E-state index < -0.39 is 35.6 Å². The lowest BCUT2D eigenvalue weighted by atomic mass is 10.0. The van der Waals surface area contributed by atoms with Crippen LogP contribution in [0.3, 0.4) is 0 Å². The molecule has 138 valence electrons. The van der Waals surface area contributed by atoms with E-state index in [1.54, 1.807) is 30.3 Å². The Morgan fingerprint density at radius 2 is 1.77 bits per heavy atom. The van der Waals surface area contributed by atoms with Crippen molar-refractivity contribution in [2.75, 3.05) is 0 Å². The van der Waals surface area contributed by atoms with E-state index in [1.165, 1.54) is 6.07 Å². The molecule has 0 aliphatic rings. The number of hydrogen-bond donors (Lipinski definition) is 3. The van der Waals surface area contributed by atoms with Crippen molar-refractivity contribution in [2.24, 2.45) is 5.73 Å². The molecule has 26 heavy (non-hydrogen) atoms. The van der Waals surface area contributed by atoms with Crippen LogP contribution in [0.1, 0.15) is 30.0 Å². The average molecular weight is 362 g/mol. The number of aliphatic carboxylic acids is 1. The van der Waals surface area contributed by atoms with Crippen molar-refractivity contribution < 1.29 is 23.5 Å². The van der Waals surface area contributed by atoms with Gasteiger partial charge in [-0.05, 0) is 42.5 Å². The fourth-order valence-electron chi connectivity index (χ4n) is 2.54. The molecule has 2 aromatic rings. The normalized spacial score (nSPS) is 13.0. The summed E-state index contributed by atoms with van der Waals surface area (Å²) in [6, 6.07) is 10.1. The highest BCUT2D eigenvalue weighted by molar-refractivity contribution is 5.87. The molecule has 0 saturated heterocycles. The zero-order valence-corrected chi connectivity index (χ0v) is 14.0. The molecule has 1 amide bonds. The first-order chi connectivity index (χ1) is 12.4. The van der Waals surface area contributed by atoms with Gasteiger partial charge in [-0.15, -0.1) is 0 Å². The molecular formula is C19H20F2N2O3. The molecule has 0 radical (unpaired) electrons. The molecule has 2 rings (SSSR count). The predicted octanol–water partition coefficient (Wildman–Crippen LogP) is 2.56. The van der Waals surface area contributed by atoms with Crippen molar-refractivity contribution in [1.29, 1.82) is 0 Å². The van der Waals surface area contributed by atoms with Crippen LogP contribution in [0.5, 0.6) is 0 Å². The summed E-state index contributed by atoms with van der Waals surface area (Å²) < 4.78 is 26.1. The number of rotatable bonds is 8. The maximum absolute atomic E-state index is 13.2. The summed E-state index contributed by atoms with van der Waals surface area (Å²) >= 11 is 0. The molecule has 4 N–H and O–H groups in total. The fourth-order valence-corrected chi connectivity index (χ4v) is 2.54. The van der Waals surface area contributed by atoms with Gasteiger partial charge in [-0.25, -0.2) is 13.6 Å². The van der Waals surface area contributed by atoms with E-state index in [9.17, 15) is 23.5 Å². The Morgan fingerprint density at radius 1 is 1.08 bits per heavy atom. The largest absolute Gasteiger partial charge is 0.480 e. The first-order valence-electron chi connectivity index (χ1n) is 8.16. The van der Waals surface area contributed by atoms with Crippen LogP contribution in [0.15, 0.2) is 48.5 Å². The van der Waals surface area contributed by atoms with Gasteiger partial charge in [0, 0.05) is 0 Å². The number of benzene rings is 2. The molecule has 0 fully saturated rings. The number of amides is 1. The van der Waals surface area contributed by atoms with Gasteiger partial charge in [-0.1, -0.05) is 36.4 Å². The van der Waals surface area contributed by atoms with Gasteiger partial charge in [0.25, 0.3) is 0 Å². The Hall–Kier alpha value is -2.80. The van der Waals surface area contributed by atoms with Crippen LogP contribution in [0.2, 0.25) is 0 Å². The molecule has 5 nitrogen and oxygen atoms in total. The summed E-state index contributed by atoms with van der Waals surface area (Å²) in [7, 11) is 0. The third-order valence-electron chi connectivity index (χ3n) is 4.00. The van der Waals surface area contributed by atoms with Gasteiger partial charge in [0.15, 0.2) is 11.6 Å². The maximum Gasteiger partial charge on any atom is 0.326 e. The van der Waals surface area contributed by atoms with E-state index in [1.807, 2.05) is 0 Å². The number of carbonyl (C=O) groups is 2. The highest BCUT2D eigenvalue weighted by atomic mass is 19.2. The monoisotopic (exact) mass is 362 g/mol. The Balaban J connectivity index is 1.91. The van der Waals surface area contributed by atoms with Gasteiger partial charge in [-0.3, -0.25) is 4.79 Å². The third kappa shape index (κ3) is 5.35. The number of nitrogens with one attached hydrogen (secondary N) is 1. The minimum Gasteiger partial charge on any atom is -0.480 e. The van der Waals surface area contributed by atoms with Crippen LogP contribution in [0.25, 0.3) is 0 Å². The first-order valence-corrected chi connectivity index (χ1v) is 8.16. The second kappa shape index (κ2) is 9.05. The minimum absolute atomic E-state index is 0.140. The first kappa shape index (κ1) is 19.5. The Bertz CT molecular complexity index is 769.